The van der Waals surface area contributed by atoms with Gasteiger partial charge in [0.05, 0.1) is 0 Å². The monoisotopic (exact) mass is 442 g/mol. The van der Waals surface area contributed by atoms with Gasteiger partial charge in [0.1, 0.15) is 0 Å². The second-order valence-electron chi connectivity index (χ2n) is 7.89. The highest BCUT2D eigenvalue weighted by Crippen LogP contribution is 2.21. The molecule has 0 aliphatic carbocycles. The van der Waals surface area contributed by atoms with Crippen LogP contribution in [0.2, 0.25) is 0 Å². The number of hydrogen-bond acceptors (Lipinski definition) is 2. The fourth-order valence-corrected chi connectivity index (χ4v) is 4.01. The van der Waals surface area contributed by atoms with Gasteiger partial charge in [0, 0.05) is 56.5 Å². The minimum Gasteiger partial charge on any atom is -0.360 e. The molecule has 2 N–H and O–H groups in total. The number of carbonyl (C=O) groups excluding carboxylic acids is 2. The third-order valence-corrected chi connectivity index (χ3v) is 5.74. The van der Waals surface area contributed by atoms with Crippen molar-refractivity contribution in [3.05, 3.63) is 144 Å². The first-order valence-corrected chi connectivity index (χ1v) is 11.0. The fourth-order valence-electron chi connectivity index (χ4n) is 4.01. The number of carbonyl (C=O) groups is 2. The van der Waals surface area contributed by atoms with E-state index < -0.39 is 0 Å². The number of aromatic amines is 2. The number of nitrogens with one attached hydrogen (secondary N) is 2. The number of ketones is 2. The van der Waals surface area contributed by atoms with Crippen molar-refractivity contribution in [2.24, 2.45) is 0 Å². The maximum atomic E-state index is 12.3. The van der Waals surface area contributed by atoms with Gasteiger partial charge in [-0.05, 0) is 12.1 Å². The highest BCUT2D eigenvalue weighted by molar-refractivity contribution is 6.17. The molecule has 0 atom stereocenters. The number of benzene rings is 4. The zero-order valence-corrected chi connectivity index (χ0v) is 18.4. The molecule has 4 aromatic carbocycles. The van der Waals surface area contributed by atoms with Crippen molar-refractivity contribution in [1.82, 2.24) is 9.97 Å². The molecule has 4 nitrogen and oxygen atoms in total. The molecule has 6 aromatic rings. The van der Waals surface area contributed by atoms with Crippen LogP contribution in [0.15, 0.2) is 122 Å². The van der Waals surface area contributed by atoms with Crippen LogP contribution in [0.1, 0.15) is 31.8 Å². The molecule has 34 heavy (non-hydrogen) atoms. The van der Waals surface area contributed by atoms with Gasteiger partial charge < -0.3 is 9.97 Å². The summed E-state index contributed by atoms with van der Waals surface area (Å²) in [5, 5.41) is 1.95. The Morgan fingerprint density at radius 2 is 0.794 bits per heavy atom. The lowest BCUT2D eigenvalue weighted by molar-refractivity contribution is 0.103. The second-order valence-corrected chi connectivity index (χ2v) is 7.89. The van der Waals surface area contributed by atoms with Crippen LogP contribution in [-0.2, 0) is 0 Å². The number of hydrogen-bond donors (Lipinski definition) is 2. The summed E-state index contributed by atoms with van der Waals surface area (Å²) < 4.78 is 0. The van der Waals surface area contributed by atoms with E-state index in [-0.39, 0.29) is 11.6 Å². The SMILES string of the molecule is O=C(c1ccccc1)c1c[nH]c2ccccc12.O=C(c1ccccc1)c1c[nH]c2ccccc12. The van der Waals surface area contributed by atoms with Crippen molar-refractivity contribution in [1.29, 1.82) is 0 Å². The highest BCUT2D eigenvalue weighted by Gasteiger charge is 2.14. The smallest absolute Gasteiger partial charge is 0.195 e. The van der Waals surface area contributed by atoms with Crippen LogP contribution in [0, 0.1) is 0 Å². The average molecular weight is 443 g/mol. The van der Waals surface area contributed by atoms with E-state index in [9.17, 15) is 9.59 Å². The first-order chi connectivity index (χ1) is 16.7. The van der Waals surface area contributed by atoms with Gasteiger partial charge in [-0.2, -0.15) is 0 Å². The van der Waals surface area contributed by atoms with Gasteiger partial charge >= 0.3 is 0 Å². The molecule has 0 saturated heterocycles. The fraction of sp³-hybridized carbons (Fsp3) is 0. The molecule has 0 aliphatic rings. The normalized spacial score (nSPS) is 10.6. The summed E-state index contributed by atoms with van der Waals surface area (Å²) >= 11 is 0. The molecule has 6 rings (SSSR count). The van der Waals surface area contributed by atoms with E-state index in [0.717, 1.165) is 44.1 Å². The van der Waals surface area contributed by atoms with Crippen LogP contribution in [0.25, 0.3) is 21.8 Å². The van der Waals surface area contributed by atoms with Crippen molar-refractivity contribution >= 4 is 33.4 Å². The predicted octanol–water partition coefficient (Wildman–Crippen LogP) is 6.80. The summed E-state index contributed by atoms with van der Waals surface area (Å²) in [5.41, 5.74) is 4.88. The van der Waals surface area contributed by atoms with Gasteiger partial charge in [0.15, 0.2) is 11.6 Å². The highest BCUT2D eigenvalue weighted by atomic mass is 16.1. The molecule has 0 amide bonds. The van der Waals surface area contributed by atoms with E-state index in [4.69, 9.17) is 0 Å². The van der Waals surface area contributed by atoms with Crippen molar-refractivity contribution < 1.29 is 9.59 Å². The molecule has 0 aliphatic heterocycles. The summed E-state index contributed by atoms with van der Waals surface area (Å²) in [5.74, 6) is 0.117. The van der Waals surface area contributed by atoms with E-state index in [0.29, 0.717) is 0 Å². The Bertz CT molecular complexity index is 1460. The van der Waals surface area contributed by atoms with E-state index >= 15 is 0 Å². The number of aromatic nitrogens is 2. The van der Waals surface area contributed by atoms with Crippen LogP contribution in [0.4, 0.5) is 0 Å². The Hall–Kier alpha value is -4.70. The lowest BCUT2D eigenvalue weighted by atomic mass is 10.0. The average Bonchev–Trinajstić information content (AvgIpc) is 3.54. The molecular weight excluding hydrogens is 420 g/mol. The topological polar surface area (TPSA) is 65.7 Å². The minimum atomic E-state index is 0.0584. The Labute approximate surface area is 196 Å². The molecule has 4 heteroatoms. The van der Waals surface area contributed by atoms with Gasteiger partial charge in [0.2, 0.25) is 0 Å². The molecular formula is C30H22N2O2. The molecule has 2 heterocycles. The van der Waals surface area contributed by atoms with Crippen molar-refractivity contribution in [3.8, 4) is 0 Å². The van der Waals surface area contributed by atoms with Crippen LogP contribution in [0.3, 0.4) is 0 Å². The first kappa shape index (κ1) is 21.2. The number of rotatable bonds is 4. The van der Waals surface area contributed by atoms with Gasteiger partial charge in [-0.3, -0.25) is 9.59 Å². The zero-order chi connectivity index (χ0) is 23.3. The molecule has 0 radical (unpaired) electrons. The van der Waals surface area contributed by atoms with E-state index in [2.05, 4.69) is 9.97 Å². The molecule has 164 valence electrons. The number of para-hydroxylation sites is 2. The summed E-state index contributed by atoms with van der Waals surface area (Å²) in [4.78, 5) is 30.8. The Morgan fingerprint density at radius 1 is 0.441 bits per heavy atom. The van der Waals surface area contributed by atoms with Crippen molar-refractivity contribution in [3.63, 3.8) is 0 Å². The predicted molar refractivity (Wildman–Crippen MR) is 136 cm³/mol. The van der Waals surface area contributed by atoms with Crippen LogP contribution >= 0.6 is 0 Å². The number of H-pyrrole nitrogens is 2. The summed E-state index contributed by atoms with van der Waals surface area (Å²) in [7, 11) is 0. The Kier molecular flexibility index (Phi) is 5.87. The molecule has 0 bridgehead atoms. The van der Waals surface area contributed by atoms with E-state index in [1.54, 1.807) is 12.4 Å². The quantitative estimate of drug-likeness (QED) is 0.295. The molecule has 0 saturated carbocycles. The van der Waals surface area contributed by atoms with Gasteiger partial charge in [-0.15, -0.1) is 0 Å². The van der Waals surface area contributed by atoms with E-state index in [1.165, 1.54) is 0 Å². The zero-order valence-electron chi connectivity index (χ0n) is 18.4. The summed E-state index contributed by atoms with van der Waals surface area (Å²) in [6, 6.07) is 34.3. The number of fused-ring (bicyclic) bond motifs is 2. The standard InChI is InChI=1S/2C15H11NO/c2*17-15(11-6-2-1-3-7-11)13-10-16-14-9-5-4-8-12(13)14/h2*1-10,16H. The largest absolute Gasteiger partial charge is 0.360 e. The maximum absolute atomic E-state index is 12.3. The van der Waals surface area contributed by atoms with Crippen LogP contribution < -0.4 is 0 Å². The van der Waals surface area contributed by atoms with E-state index in [1.807, 2.05) is 109 Å². The molecule has 0 fully saturated rings. The lowest BCUT2D eigenvalue weighted by Crippen LogP contribution is -1.99. The first-order valence-electron chi connectivity index (χ1n) is 11.0. The van der Waals surface area contributed by atoms with Crippen molar-refractivity contribution in [2.75, 3.05) is 0 Å². The summed E-state index contributed by atoms with van der Waals surface area (Å²) in [6.07, 6.45) is 3.56. The molecule has 2 aromatic heterocycles. The van der Waals surface area contributed by atoms with Gasteiger partial charge in [-0.1, -0.05) is 97.1 Å². The van der Waals surface area contributed by atoms with Gasteiger partial charge in [-0.25, -0.2) is 0 Å². The maximum Gasteiger partial charge on any atom is 0.195 e. The Balaban J connectivity index is 0.000000142. The van der Waals surface area contributed by atoms with Gasteiger partial charge in [0.25, 0.3) is 0 Å². The van der Waals surface area contributed by atoms with Crippen LogP contribution in [0.5, 0.6) is 0 Å². The third kappa shape index (κ3) is 4.17. The minimum absolute atomic E-state index is 0.0584. The third-order valence-electron chi connectivity index (χ3n) is 5.74. The molecule has 0 unspecified atom stereocenters. The Morgan fingerprint density at radius 3 is 1.21 bits per heavy atom. The second kappa shape index (κ2) is 9.43. The lowest BCUT2D eigenvalue weighted by Gasteiger charge is -1.98. The summed E-state index contributed by atoms with van der Waals surface area (Å²) in [6.45, 7) is 0. The van der Waals surface area contributed by atoms with Crippen LogP contribution in [-0.4, -0.2) is 21.5 Å². The van der Waals surface area contributed by atoms with Crippen molar-refractivity contribution in [2.45, 2.75) is 0 Å². The molecule has 0 spiro atoms.